The zero-order valence-corrected chi connectivity index (χ0v) is 9.16. The molecule has 84 valence electrons. The maximum absolute atomic E-state index is 11.6. The van der Waals surface area contributed by atoms with E-state index in [9.17, 15) is 4.79 Å². The predicted molar refractivity (Wildman–Crippen MR) is 57.9 cm³/mol. The smallest absolute Gasteiger partial charge is 0.237 e. The van der Waals surface area contributed by atoms with Crippen LogP contribution in [0.5, 0.6) is 0 Å². The summed E-state index contributed by atoms with van der Waals surface area (Å²) in [7, 11) is 0. The Balaban J connectivity index is 2.36. The number of imidazole rings is 1. The van der Waals surface area contributed by atoms with Crippen LogP contribution in [0.1, 0.15) is 26.0 Å². The first-order valence-corrected chi connectivity index (χ1v) is 5.15. The van der Waals surface area contributed by atoms with E-state index >= 15 is 0 Å². The molecule has 0 radical (unpaired) electrons. The SMILES string of the molecule is CCC(C)[C@H](N)C(=O)NCc1cnc[nH]1. The fourth-order valence-electron chi connectivity index (χ4n) is 1.19. The molecule has 0 aliphatic heterocycles. The van der Waals surface area contributed by atoms with Gasteiger partial charge < -0.3 is 16.0 Å². The standard InChI is InChI=1S/C10H18N4O/c1-3-7(2)9(11)10(15)13-5-8-4-12-6-14-8/h4,6-7,9H,3,5,11H2,1-2H3,(H,12,14)(H,13,15)/t7?,9-/m0/s1. The highest BCUT2D eigenvalue weighted by molar-refractivity contribution is 5.81. The Bertz CT molecular complexity index is 296. The van der Waals surface area contributed by atoms with Crippen LogP contribution in [0.15, 0.2) is 12.5 Å². The van der Waals surface area contributed by atoms with Crippen molar-refractivity contribution in [3.63, 3.8) is 0 Å². The van der Waals surface area contributed by atoms with Crippen molar-refractivity contribution in [1.82, 2.24) is 15.3 Å². The molecule has 1 rings (SSSR count). The van der Waals surface area contributed by atoms with Gasteiger partial charge in [-0.25, -0.2) is 4.98 Å². The normalized spacial score (nSPS) is 14.6. The molecule has 0 saturated heterocycles. The van der Waals surface area contributed by atoms with Gasteiger partial charge >= 0.3 is 0 Å². The number of aromatic amines is 1. The predicted octanol–water partition coefficient (Wildman–Crippen LogP) is 0.399. The summed E-state index contributed by atoms with van der Waals surface area (Å²) in [6, 6.07) is -0.432. The molecule has 0 aromatic carbocycles. The van der Waals surface area contributed by atoms with Crippen LogP contribution in [0.2, 0.25) is 0 Å². The first kappa shape index (κ1) is 11.7. The molecular formula is C10H18N4O. The van der Waals surface area contributed by atoms with Gasteiger partial charge in [-0.2, -0.15) is 0 Å². The zero-order chi connectivity index (χ0) is 11.3. The van der Waals surface area contributed by atoms with Crippen LogP contribution in [0, 0.1) is 5.92 Å². The Morgan fingerprint density at radius 2 is 2.47 bits per heavy atom. The third kappa shape index (κ3) is 3.36. The Kier molecular flexibility index (Phi) is 4.30. The van der Waals surface area contributed by atoms with Crippen LogP contribution in [-0.2, 0) is 11.3 Å². The molecular weight excluding hydrogens is 192 g/mol. The Morgan fingerprint density at radius 3 is 3.00 bits per heavy atom. The van der Waals surface area contributed by atoms with Gasteiger partial charge in [-0.1, -0.05) is 20.3 Å². The number of hydrogen-bond acceptors (Lipinski definition) is 3. The van der Waals surface area contributed by atoms with Crippen LogP contribution in [0.25, 0.3) is 0 Å². The lowest BCUT2D eigenvalue weighted by atomic mass is 9.99. The minimum Gasteiger partial charge on any atom is -0.349 e. The molecule has 0 saturated carbocycles. The minimum atomic E-state index is -0.432. The van der Waals surface area contributed by atoms with Crippen molar-refractivity contribution in [2.75, 3.05) is 0 Å². The fraction of sp³-hybridized carbons (Fsp3) is 0.600. The van der Waals surface area contributed by atoms with Gasteiger partial charge in [0.25, 0.3) is 0 Å². The molecule has 1 aromatic rings. The topological polar surface area (TPSA) is 83.8 Å². The van der Waals surface area contributed by atoms with Gasteiger partial charge in [0, 0.05) is 6.20 Å². The fourth-order valence-corrected chi connectivity index (χ4v) is 1.19. The van der Waals surface area contributed by atoms with E-state index in [0.29, 0.717) is 6.54 Å². The van der Waals surface area contributed by atoms with Gasteiger partial charge in [-0.05, 0) is 5.92 Å². The molecule has 5 nitrogen and oxygen atoms in total. The monoisotopic (exact) mass is 210 g/mol. The highest BCUT2D eigenvalue weighted by Crippen LogP contribution is 2.05. The number of rotatable bonds is 5. The minimum absolute atomic E-state index is 0.112. The summed E-state index contributed by atoms with van der Waals surface area (Å²) in [5.74, 6) is 0.0886. The van der Waals surface area contributed by atoms with Gasteiger partial charge in [0.1, 0.15) is 0 Å². The second-order valence-corrected chi connectivity index (χ2v) is 3.71. The molecule has 1 heterocycles. The van der Waals surface area contributed by atoms with Crippen LogP contribution in [0.3, 0.4) is 0 Å². The Morgan fingerprint density at radius 1 is 1.73 bits per heavy atom. The third-order valence-corrected chi connectivity index (χ3v) is 2.57. The van der Waals surface area contributed by atoms with Crippen molar-refractivity contribution in [3.05, 3.63) is 18.2 Å². The third-order valence-electron chi connectivity index (χ3n) is 2.57. The number of nitrogens with two attached hydrogens (primary N) is 1. The highest BCUT2D eigenvalue weighted by atomic mass is 16.2. The average Bonchev–Trinajstić information content (AvgIpc) is 2.76. The van der Waals surface area contributed by atoms with Crippen LogP contribution in [-0.4, -0.2) is 21.9 Å². The molecule has 0 aliphatic rings. The van der Waals surface area contributed by atoms with E-state index in [-0.39, 0.29) is 11.8 Å². The van der Waals surface area contributed by atoms with E-state index < -0.39 is 6.04 Å². The number of H-pyrrole nitrogens is 1. The zero-order valence-electron chi connectivity index (χ0n) is 9.16. The molecule has 5 heteroatoms. The number of carbonyl (C=O) groups is 1. The van der Waals surface area contributed by atoms with Crippen LogP contribution < -0.4 is 11.1 Å². The quantitative estimate of drug-likeness (QED) is 0.657. The second kappa shape index (κ2) is 5.50. The van der Waals surface area contributed by atoms with Crippen molar-refractivity contribution < 1.29 is 4.79 Å². The van der Waals surface area contributed by atoms with E-state index in [2.05, 4.69) is 15.3 Å². The van der Waals surface area contributed by atoms with Crippen molar-refractivity contribution >= 4 is 5.91 Å². The Hall–Kier alpha value is -1.36. The average molecular weight is 210 g/mol. The van der Waals surface area contributed by atoms with Crippen LogP contribution >= 0.6 is 0 Å². The van der Waals surface area contributed by atoms with Gasteiger partial charge in [-0.3, -0.25) is 4.79 Å². The molecule has 2 atom stereocenters. The lowest BCUT2D eigenvalue weighted by molar-refractivity contribution is -0.123. The second-order valence-electron chi connectivity index (χ2n) is 3.71. The van der Waals surface area contributed by atoms with Crippen LogP contribution in [0.4, 0.5) is 0 Å². The summed E-state index contributed by atoms with van der Waals surface area (Å²) >= 11 is 0. The summed E-state index contributed by atoms with van der Waals surface area (Å²) in [4.78, 5) is 18.3. The van der Waals surface area contributed by atoms with E-state index in [1.54, 1.807) is 12.5 Å². The van der Waals surface area contributed by atoms with Crippen molar-refractivity contribution in [2.24, 2.45) is 11.7 Å². The first-order chi connectivity index (χ1) is 7.15. The number of nitrogens with zero attached hydrogens (tertiary/aromatic N) is 1. The summed E-state index contributed by atoms with van der Waals surface area (Å²) in [5.41, 5.74) is 6.65. The molecule has 0 aliphatic carbocycles. The van der Waals surface area contributed by atoms with Crippen molar-refractivity contribution in [2.45, 2.75) is 32.9 Å². The summed E-state index contributed by atoms with van der Waals surface area (Å²) in [5, 5.41) is 2.76. The van der Waals surface area contributed by atoms with Crippen molar-refractivity contribution in [3.8, 4) is 0 Å². The molecule has 15 heavy (non-hydrogen) atoms. The summed E-state index contributed by atoms with van der Waals surface area (Å²) in [6.45, 7) is 4.44. The molecule has 0 bridgehead atoms. The lowest BCUT2D eigenvalue weighted by Crippen LogP contribution is -2.44. The number of hydrogen-bond donors (Lipinski definition) is 3. The number of aromatic nitrogens is 2. The summed E-state index contributed by atoms with van der Waals surface area (Å²) < 4.78 is 0. The van der Waals surface area contributed by atoms with Gasteiger partial charge in [0.05, 0.1) is 24.6 Å². The molecule has 4 N–H and O–H groups in total. The maximum atomic E-state index is 11.6. The van der Waals surface area contributed by atoms with Gasteiger partial charge in [0.15, 0.2) is 0 Å². The van der Waals surface area contributed by atoms with Crippen molar-refractivity contribution in [1.29, 1.82) is 0 Å². The summed E-state index contributed by atoms with van der Waals surface area (Å²) in [6.07, 6.45) is 4.16. The van der Waals surface area contributed by atoms with Gasteiger partial charge in [-0.15, -0.1) is 0 Å². The molecule has 1 amide bonds. The number of nitrogens with one attached hydrogen (secondary N) is 2. The largest absolute Gasteiger partial charge is 0.349 e. The Labute approximate surface area is 89.5 Å². The van der Waals surface area contributed by atoms with E-state index in [1.807, 2.05) is 13.8 Å². The molecule has 0 fully saturated rings. The van der Waals surface area contributed by atoms with E-state index in [4.69, 9.17) is 5.73 Å². The lowest BCUT2D eigenvalue weighted by Gasteiger charge is -2.17. The molecule has 1 unspecified atom stereocenters. The maximum Gasteiger partial charge on any atom is 0.237 e. The van der Waals surface area contributed by atoms with E-state index in [0.717, 1.165) is 12.1 Å². The first-order valence-electron chi connectivity index (χ1n) is 5.15. The molecule has 0 spiro atoms. The van der Waals surface area contributed by atoms with E-state index in [1.165, 1.54) is 0 Å². The van der Waals surface area contributed by atoms with Gasteiger partial charge in [0.2, 0.25) is 5.91 Å². The molecule has 1 aromatic heterocycles. The highest BCUT2D eigenvalue weighted by Gasteiger charge is 2.18. The number of carbonyl (C=O) groups excluding carboxylic acids is 1. The number of amides is 1.